The molecule has 10 heteroatoms. The second kappa shape index (κ2) is 6.05. The number of methoxy groups -OCH3 is 1. The summed E-state index contributed by atoms with van der Waals surface area (Å²) in [4.78, 5) is 57.9. The van der Waals surface area contributed by atoms with Crippen LogP contribution in [0.3, 0.4) is 0 Å². The molecule has 4 aromatic rings. The van der Waals surface area contributed by atoms with E-state index in [4.69, 9.17) is 4.74 Å². The Balaban J connectivity index is 2.30. The van der Waals surface area contributed by atoms with Crippen LogP contribution in [0.1, 0.15) is 0 Å². The van der Waals surface area contributed by atoms with Gasteiger partial charge in [0.1, 0.15) is 16.4 Å². The molecule has 0 aliphatic heterocycles. The van der Waals surface area contributed by atoms with Crippen molar-refractivity contribution in [3.05, 3.63) is 71.7 Å². The first-order chi connectivity index (χ1) is 13.4. The minimum absolute atomic E-state index is 0.0167. The lowest BCUT2D eigenvalue weighted by molar-refractivity contribution is 0.368. The molecule has 1 N–H and O–H groups in total. The molecular weight excluding hydrogens is 366 g/mol. The quantitative estimate of drug-likeness (QED) is 0.473. The van der Waals surface area contributed by atoms with Gasteiger partial charge in [-0.3, -0.25) is 23.5 Å². The minimum atomic E-state index is -0.801. The average Bonchev–Trinajstić information content (AvgIpc) is 2.70. The molecule has 28 heavy (non-hydrogen) atoms. The van der Waals surface area contributed by atoms with Crippen LogP contribution in [0, 0.1) is 0 Å². The van der Waals surface area contributed by atoms with E-state index in [2.05, 4.69) is 9.97 Å². The molecule has 1 aromatic carbocycles. The van der Waals surface area contributed by atoms with Crippen LogP contribution >= 0.6 is 0 Å². The maximum Gasteiger partial charge on any atom is 0.332 e. The van der Waals surface area contributed by atoms with Crippen LogP contribution in [0.25, 0.3) is 27.8 Å². The molecule has 0 unspecified atom stereocenters. The molecule has 3 aromatic heterocycles. The van der Waals surface area contributed by atoms with Gasteiger partial charge >= 0.3 is 11.7 Å². The number of nitrogens with one attached hydrogen (secondary N) is 1. The van der Waals surface area contributed by atoms with Crippen molar-refractivity contribution >= 4 is 22.1 Å². The van der Waals surface area contributed by atoms with Gasteiger partial charge in [-0.25, -0.2) is 9.36 Å². The zero-order chi connectivity index (χ0) is 20.2. The second-order valence-corrected chi connectivity index (χ2v) is 6.18. The Labute approximate surface area is 155 Å². The van der Waals surface area contributed by atoms with Crippen molar-refractivity contribution in [3.63, 3.8) is 0 Å². The summed E-state index contributed by atoms with van der Waals surface area (Å²) >= 11 is 0. The van der Waals surface area contributed by atoms with Gasteiger partial charge in [0.05, 0.1) is 12.8 Å². The highest BCUT2D eigenvalue weighted by Crippen LogP contribution is 2.16. The molecule has 0 spiro atoms. The fraction of sp³-hybridized carbons (Fsp3) is 0.167. The van der Waals surface area contributed by atoms with Crippen LogP contribution in [-0.4, -0.2) is 30.8 Å². The van der Waals surface area contributed by atoms with Crippen LogP contribution in [-0.2, 0) is 14.1 Å². The second-order valence-electron chi connectivity index (χ2n) is 6.18. The molecule has 0 aliphatic rings. The van der Waals surface area contributed by atoms with E-state index < -0.39 is 22.2 Å². The van der Waals surface area contributed by atoms with E-state index in [1.165, 1.54) is 21.2 Å². The highest BCUT2D eigenvalue weighted by Gasteiger charge is 2.21. The van der Waals surface area contributed by atoms with Crippen LogP contribution in [0.15, 0.2) is 49.5 Å². The highest BCUT2D eigenvalue weighted by atomic mass is 16.5. The standard InChI is InChI=1S/C18H15N5O5/c1-21-14-11(15(25)22(2)18(21)27)12(24)10-13(19-14)20-17(28-3)23(16(10)26)9-7-5-4-6-8-9/h4-8H,1-3H3,(H,19,24). The molecule has 0 atom stereocenters. The molecule has 0 fully saturated rings. The molecule has 142 valence electrons. The summed E-state index contributed by atoms with van der Waals surface area (Å²) in [7, 11) is 4.02. The van der Waals surface area contributed by atoms with Crippen LogP contribution < -0.4 is 27.0 Å². The van der Waals surface area contributed by atoms with Gasteiger partial charge in [0.15, 0.2) is 5.65 Å². The molecule has 10 nitrogen and oxygen atoms in total. The SMILES string of the molecule is COc1nc2[nH]c3c(c(=O)c2c(=O)n1-c1ccccc1)c(=O)n(C)c(=O)n3C. The number of H-pyrrole nitrogens is 1. The Kier molecular flexibility index (Phi) is 3.77. The topological polar surface area (TPSA) is 121 Å². The molecule has 3 heterocycles. The summed E-state index contributed by atoms with van der Waals surface area (Å²) in [6, 6.07) is 8.50. The lowest BCUT2D eigenvalue weighted by Gasteiger charge is -2.13. The number of aryl methyl sites for hydroxylation is 1. The summed E-state index contributed by atoms with van der Waals surface area (Å²) in [5.41, 5.74) is -2.53. The summed E-state index contributed by atoms with van der Waals surface area (Å²) in [6.07, 6.45) is 0. The molecule has 0 saturated heterocycles. The Morgan fingerprint density at radius 3 is 2.25 bits per heavy atom. The number of aromatic amines is 1. The number of rotatable bonds is 2. The van der Waals surface area contributed by atoms with E-state index in [0.29, 0.717) is 5.69 Å². The molecule has 0 amide bonds. The number of ether oxygens (including phenoxy) is 1. The predicted octanol–water partition coefficient (Wildman–Crippen LogP) is -0.367. The van der Waals surface area contributed by atoms with Crippen LogP contribution in [0.4, 0.5) is 0 Å². The Hall–Kier alpha value is -3.95. The third-order valence-electron chi connectivity index (χ3n) is 4.60. The van der Waals surface area contributed by atoms with Crippen molar-refractivity contribution in [1.29, 1.82) is 0 Å². The van der Waals surface area contributed by atoms with Gasteiger partial charge in [-0.1, -0.05) is 18.2 Å². The van der Waals surface area contributed by atoms with Gasteiger partial charge in [0.2, 0.25) is 5.43 Å². The molecule has 0 saturated carbocycles. The van der Waals surface area contributed by atoms with Gasteiger partial charge in [0, 0.05) is 14.1 Å². The monoisotopic (exact) mass is 381 g/mol. The van der Waals surface area contributed by atoms with Crippen molar-refractivity contribution in [1.82, 2.24) is 23.7 Å². The van der Waals surface area contributed by atoms with Crippen molar-refractivity contribution in [3.8, 4) is 11.7 Å². The first kappa shape index (κ1) is 17.5. The smallest absolute Gasteiger partial charge is 0.332 e. The molecular formula is C18H15N5O5. The van der Waals surface area contributed by atoms with E-state index in [9.17, 15) is 19.2 Å². The van der Waals surface area contributed by atoms with E-state index in [-0.39, 0.29) is 28.1 Å². The molecule has 4 rings (SSSR count). The lowest BCUT2D eigenvalue weighted by atomic mass is 10.2. The number of aromatic nitrogens is 5. The summed E-state index contributed by atoms with van der Waals surface area (Å²) in [5, 5.41) is -0.589. The summed E-state index contributed by atoms with van der Waals surface area (Å²) in [6.45, 7) is 0. The Morgan fingerprint density at radius 1 is 0.929 bits per heavy atom. The van der Waals surface area contributed by atoms with Crippen LogP contribution in [0.2, 0.25) is 0 Å². The van der Waals surface area contributed by atoms with Gasteiger partial charge in [-0.2, -0.15) is 4.98 Å². The third-order valence-corrected chi connectivity index (χ3v) is 4.60. The zero-order valence-corrected chi connectivity index (χ0v) is 15.2. The van der Waals surface area contributed by atoms with Crippen molar-refractivity contribution in [2.45, 2.75) is 0 Å². The number of benzene rings is 1. The first-order valence-corrected chi connectivity index (χ1v) is 8.25. The largest absolute Gasteiger partial charge is 0.468 e. The highest BCUT2D eigenvalue weighted by molar-refractivity contribution is 5.88. The first-order valence-electron chi connectivity index (χ1n) is 8.25. The van der Waals surface area contributed by atoms with Gasteiger partial charge in [-0.15, -0.1) is 0 Å². The fourth-order valence-electron chi connectivity index (χ4n) is 3.17. The number of hydrogen-bond acceptors (Lipinski definition) is 6. The maximum atomic E-state index is 13.2. The van der Waals surface area contributed by atoms with E-state index in [1.54, 1.807) is 30.3 Å². The number of para-hydroxylation sites is 1. The van der Waals surface area contributed by atoms with Crippen molar-refractivity contribution < 1.29 is 4.74 Å². The van der Waals surface area contributed by atoms with Crippen molar-refractivity contribution in [2.75, 3.05) is 7.11 Å². The number of fused-ring (bicyclic) bond motifs is 2. The molecule has 0 radical (unpaired) electrons. The zero-order valence-electron chi connectivity index (χ0n) is 15.2. The number of nitrogens with zero attached hydrogens (tertiary/aromatic N) is 4. The average molecular weight is 381 g/mol. The van der Waals surface area contributed by atoms with Gasteiger partial charge in [0.25, 0.3) is 11.1 Å². The van der Waals surface area contributed by atoms with E-state index >= 15 is 0 Å². The van der Waals surface area contributed by atoms with Crippen LogP contribution in [0.5, 0.6) is 6.01 Å². The van der Waals surface area contributed by atoms with Gasteiger partial charge < -0.3 is 9.72 Å². The van der Waals surface area contributed by atoms with Crippen molar-refractivity contribution in [2.24, 2.45) is 14.1 Å². The van der Waals surface area contributed by atoms with E-state index in [0.717, 1.165) is 13.7 Å². The Bertz CT molecular complexity index is 1490. The molecule has 0 aliphatic carbocycles. The summed E-state index contributed by atoms with van der Waals surface area (Å²) < 4.78 is 8.32. The maximum absolute atomic E-state index is 13.2. The number of hydrogen-bond donors (Lipinski definition) is 1. The normalized spacial score (nSPS) is 11.2. The fourth-order valence-corrected chi connectivity index (χ4v) is 3.17. The minimum Gasteiger partial charge on any atom is -0.468 e. The summed E-state index contributed by atoms with van der Waals surface area (Å²) in [5.74, 6) is 0. The Morgan fingerprint density at radius 2 is 1.61 bits per heavy atom. The molecule has 0 bridgehead atoms. The van der Waals surface area contributed by atoms with E-state index in [1.807, 2.05) is 0 Å². The lowest BCUT2D eigenvalue weighted by Crippen LogP contribution is -2.40. The van der Waals surface area contributed by atoms with Gasteiger partial charge in [-0.05, 0) is 12.1 Å². The third kappa shape index (κ3) is 2.24. The number of pyridine rings is 1. The predicted molar refractivity (Wildman–Crippen MR) is 103 cm³/mol.